The van der Waals surface area contributed by atoms with Crippen LogP contribution >= 0.6 is 0 Å². The van der Waals surface area contributed by atoms with Crippen molar-refractivity contribution in [3.05, 3.63) is 35.9 Å². The van der Waals surface area contributed by atoms with E-state index in [9.17, 15) is 4.79 Å². The molecule has 1 aliphatic rings. The van der Waals surface area contributed by atoms with Crippen molar-refractivity contribution in [1.82, 2.24) is 0 Å². The average Bonchev–Trinajstić information content (AvgIpc) is 2.16. The number of rotatable bonds is 2. The molecule has 13 heavy (non-hydrogen) atoms. The minimum Gasteiger partial charge on any atom is -0.461 e. The highest BCUT2D eigenvalue weighted by Crippen LogP contribution is 2.25. The van der Waals surface area contributed by atoms with Crippen molar-refractivity contribution >= 4 is 5.97 Å². The molecule has 1 fully saturated rings. The molecule has 68 valence electrons. The van der Waals surface area contributed by atoms with Gasteiger partial charge in [-0.15, -0.1) is 0 Å². The van der Waals surface area contributed by atoms with E-state index in [4.69, 9.17) is 4.74 Å². The van der Waals surface area contributed by atoms with Gasteiger partial charge in [0.05, 0.1) is 5.92 Å². The van der Waals surface area contributed by atoms with Crippen molar-refractivity contribution in [3.63, 3.8) is 0 Å². The highest BCUT2D eigenvalue weighted by Gasteiger charge is 2.38. The Bertz CT molecular complexity index is 305. The van der Waals surface area contributed by atoms with Gasteiger partial charge in [0.15, 0.2) is 0 Å². The lowest BCUT2D eigenvalue weighted by atomic mass is 9.91. The van der Waals surface area contributed by atoms with E-state index in [1.165, 1.54) is 5.56 Å². The molecule has 0 spiro atoms. The third-order valence-electron chi connectivity index (χ3n) is 2.47. The van der Waals surface area contributed by atoms with Crippen LogP contribution in [-0.4, -0.2) is 12.1 Å². The van der Waals surface area contributed by atoms with Crippen LogP contribution in [0.1, 0.15) is 12.5 Å². The lowest BCUT2D eigenvalue weighted by Gasteiger charge is -2.32. The first kappa shape index (κ1) is 8.30. The Morgan fingerprint density at radius 3 is 2.54 bits per heavy atom. The third-order valence-corrected chi connectivity index (χ3v) is 2.47. The van der Waals surface area contributed by atoms with Crippen LogP contribution in [-0.2, 0) is 16.0 Å². The molecule has 1 saturated heterocycles. The number of carbonyl (C=O) groups is 1. The van der Waals surface area contributed by atoms with Crippen molar-refractivity contribution in [3.8, 4) is 0 Å². The lowest BCUT2D eigenvalue weighted by molar-refractivity contribution is -0.181. The second-order valence-electron chi connectivity index (χ2n) is 3.44. The van der Waals surface area contributed by atoms with Crippen molar-refractivity contribution in [2.75, 3.05) is 0 Å². The fourth-order valence-corrected chi connectivity index (χ4v) is 1.59. The van der Waals surface area contributed by atoms with Crippen LogP contribution in [0.15, 0.2) is 30.3 Å². The molecule has 2 heteroatoms. The number of carbonyl (C=O) groups excluding carboxylic acids is 1. The van der Waals surface area contributed by atoms with Gasteiger partial charge in [0.2, 0.25) is 0 Å². The molecule has 1 aromatic rings. The molecule has 0 saturated carbocycles. The zero-order valence-electron chi connectivity index (χ0n) is 7.57. The van der Waals surface area contributed by atoms with E-state index in [0.717, 1.165) is 6.42 Å². The van der Waals surface area contributed by atoms with Gasteiger partial charge in [0.25, 0.3) is 0 Å². The number of hydrogen-bond acceptors (Lipinski definition) is 2. The maximum Gasteiger partial charge on any atom is 0.313 e. The summed E-state index contributed by atoms with van der Waals surface area (Å²) in [4.78, 5) is 11.0. The second-order valence-corrected chi connectivity index (χ2v) is 3.44. The van der Waals surface area contributed by atoms with Crippen LogP contribution in [0.25, 0.3) is 0 Å². The largest absolute Gasteiger partial charge is 0.461 e. The Kier molecular flexibility index (Phi) is 2.05. The van der Waals surface area contributed by atoms with Gasteiger partial charge in [-0.25, -0.2) is 0 Å². The van der Waals surface area contributed by atoms with Crippen molar-refractivity contribution < 1.29 is 9.53 Å². The van der Waals surface area contributed by atoms with Gasteiger partial charge in [0, 0.05) is 0 Å². The summed E-state index contributed by atoms with van der Waals surface area (Å²) in [7, 11) is 0. The third kappa shape index (κ3) is 1.57. The highest BCUT2D eigenvalue weighted by molar-refractivity contribution is 5.78. The Morgan fingerprint density at radius 1 is 1.31 bits per heavy atom. The van der Waals surface area contributed by atoms with E-state index in [1.807, 2.05) is 37.3 Å². The fraction of sp³-hybridized carbons (Fsp3) is 0.364. The molecule has 1 aliphatic heterocycles. The quantitative estimate of drug-likeness (QED) is 0.642. The minimum atomic E-state index is -0.0589. The number of ether oxygens (including phenoxy) is 1. The normalized spacial score (nSPS) is 26.4. The van der Waals surface area contributed by atoms with Gasteiger partial charge < -0.3 is 4.74 Å². The SMILES string of the molecule is C[C@@H]1OC(=O)[C@@H]1Cc1ccccc1. The van der Waals surface area contributed by atoms with Crippen LogP contribution in [0, 0.1) is 5.92 Å². The van der Waals surface area contributed by atoms with Crippen LogP contribution in [0.5, 0.6) is 0 Å². The van der Waals surface area contributed by atoms with Crippen LogP contribution in [0.2, 0.25) is 0 Å². The standard InChI is InChI=1S/C11H12O2/c1-8-10(11(12)13-8)7-9-5-3-2-4-6-9/h2-6,8,10H,7H2,1H3/t8-,10+/m0/s1. The Hall–Kier alpha value is -1.31. The first-order chi connectivity index (χ1) is 6.27. The summed E-state index contributed by atoms with van der Waals surface area (Å²) in [6, 6.07) is 10.0. The maximum absolute atomic E-state index is 11.0. The molecule has 0 unspecified atom stereocenters. The first-order valence-electron chi connectivity index (χ1n) is 4.52. The number of cyclic esters (lactones) is 1. The minimum absolute atomic E-state index is 0.0589. The van der Waals surface area contributed by atoms with E-state index in [0.29, 0.717) is 0 Å². The molecule has 1 aromatic carbocycles. The van der Waals surface area contributed by atoms with Crippen LogP contribution < -0.4 is 0 Å². The van der Waals surface area contributed by atoms with E-state index in [1.54, 1.807) is 0 Å². The van der Waals surface area contributed by atoms with E-state index < -0.39 is 0 Å². The number of esters is 1. The molecule has 2 rings (SSSR count). The van der Waals surface area contributed by atoms with Crippen molar-refractivity contribution in [2.24, 2.45) is 5.92 Å². The lowest BCUT2D eigenvalue weighted by Crippen LogP contribution is -2.44. The molecule has 0 amide bonds. The van der Waals surface area contributed by atoms with Crippen LogP contribution in [0.4, 0.5) is 0 Å². The summed E-state index contributed by atoms with van der Waals surface area (Å²) in [5, 5.41) is 0. The molecule has 1 heterocycles. The summed E-state index contributed by atoms with van der Waals surface area (Å²) in [6.45, 7) is 1.94. The summed E-state index contributed by atoms with van der Waals surface area (Å²) in [5.74, 6) is 0.0127. The van der Waals surface area contributed by atoms with E-state index in [2.05, 4.69) is 0 Å². The van der Waals surface area contributed by atoms with Crippen molar-refractivity contribution in [2.45, 2.75) is 19.4 Å². The highest BCUT2D eigenvalue weighted by atomic mass is 16.6. The molecule has 2 atom stereocenters. The molecule has 0 aliphatic carbocycles. The topological polar surface area (TPSA) is 26.3 Å². The first-order valence-corrected chi connectivity index (χ1v) is 4.52. The molecule has 0 bridgehead atoms. The smallest absolute Gasteiger partial charge is 0.313 e. The van der Waals surface area contributed by atoms with Gasteiger partial charge >= 0.3 is 5.97 Å². The number of benzene rings is 1. The Labute approximate surface area is 77.5 Å². The number of hydrogen-bond donors (Lipinski definition) is 0. The Balaban J connectivity index is 2.02. The van der Waals surface area contributed by atoms with Crippen LogP contribution in [0.3, 0.4) is 0 Å². The van der Waals surface area contributed by atoms with Gasteiger partial charge in [-0.05, 0) is 18.9 Å². The molecule has 0 radical (unpaired) electrons. The molecule has 0 N–H and O–H groups in total. The Morgan fingerprint density at radius 2 is 2.00 bits per heavy atom. The van der Waals surface area contributed by atoms with Gasteiger partial charge in [-0.1, -0.05) is 30.3 Å². The fourth-order valence-electron chi connectivity index (χ4n) is 1.59. The zero-order chi connectivity index (χ0) is 9.26. The monoisotopic (exact) mass is 176 g/mol. The predicted octanol–water partition coefficient (Wildman–Crippen LogP) is 1.79. The summed E-state index contributed by atoms with van der Waals surface area (Å²) >= 11 is 0. The van der Waals surface area contributed by atoms with Gasteiger partial charge in [0.1, 0.15) is 6.10 Å². The molecule has 0 aromatic heterocycles. The second kappa shape index (κ2) is 3.21. The molecular weight excluding hydrogens is 164 g/mol. The zero-order valence-corrected chi connectivity index (χ0v) is 7.57. The van der Waals surface area contributed by atoms with E-state index in [-0.39, 0.29) is 18.0 Å². The van der Waals surface area contributed by atoms with Gasteiger partial charge in [-0.3, -0.25) is 4.79 Å². The molecular formula is C11H12O2. The summed E-state index contributed by atoms with van der Waals surface area (Å²) < 4.78 is 4.88. The maximum atomic E-state index is 11.0. The summed E-state index contributed by atoms with van der Waals surface area (Å²) in [5.41, 5.74) is 1.20. The molecule has 2 nitrogen and oxygen atoms in total. The summed E-state index contributed by atoms with van der Waals surface area (Å²) in [6.07, 6.45) is 0.897. The van der Waals surface area contributed by atoms with E-state index >= 15 is 0 Å². The predicted molar refractivity (Wildman–Crippen MR) is 49.2 cm³/mol. The van der Waals surface area contributed by atoms with Gasteiger partial charge in [-0.2, -0.15) is 0 Å². The average molecular weight is 176 g/mol. The van der Waals surface area contributed by atoms with Crippen molar-refractivity contribution in [1.29, 1.82) is 0 Å².